The smallest absolute Gasteiger partial charge is 0.332 e. The minimum absolute atomic E-state index is 0.236. The Hall–Kier alpha value is -2.81. The highest BCUT2D eigenvalue weighted by atomic mass is 32.2. The fourth-order valence-electron chi connectivity index (χ4n) is 2.06. The fraction of sp³-hybridized carbons (Fsp3) is 0.294. The van der Waals surface area contributed by atoms with Crippen LogP contribution in [0.3, 0.4) is 0 Å². The SMILES string of the molecule is COc1ccc(/C=C/C(=O)OCn2c(SC)nnc(C)c2=O)cc1OC. The fourth-order valence-corrected chi connectivity index (χ4v) is 2.54. The average Bonchev–Trinajstić information content (AvgIpc) is 2.67. The molecule has 0 aliphatic carbocycles. The Morgan fingerprint density at radius 3 is 2.62 bits per heavy atom. The van der Waals surface area contributed by atoms with Crippen LogP contribution in [-0.2, 0) is 16.3 Å². The standard InChI is InChI=1S/C17H19N3O5S/c1-11-16(22)20(17(26-4)19-18-11)10-25-15(21)8-6-12-5-7-13(23-2)14(9-12)24-3/h5-9H,10H2,1-4H3/b8-6+. The van der Waals surface area contributed by atoms with Crippen molar-refractivity contribution < 1.29 is 19.0 Å². The van der Waals surface area contributed by atoms with E-state index in [9.17, 15) is 9.59 Å². The molecule has 2 aromatic rings. The van der Waals surface area contributed by atoms with Gasteiger partial charge in [-0.1, -0.05) is 17.8 Å². The maximum Gasteiger partial charge on any atom is 0.332 e. The summed E-state index contributed by atoms with van der Waals surface area (Å²) in [5.41, 5.74) is 0.628. The number of aromatic nitrogens is 3. The number of ether oxygens (including phenoxy) is 3. The second kappa shape index (κ2) is 9.04. The molecule has 138 valence electrons. The lowest BCUT2D eigenvalue weighted by atomic mass is 10.2. The van der Waals surface area contributed by atoms with Crippen molar-refractivity contribution in [2.24, 2.45) is 0 Å². The van der Waals surface area contributed by atoms with E-state index in [1.165, 1.54) is 29.5 Å². The summed E-state index contributed by atoms with van der Waals surface area (Å²) in [6, 6.07) is 5.24. The van der Waals surface area contributed by atoms with E-state index >= 15 is 0 Å². The first-order chi connectivity index (χ1) is 12.5. The summed E-state index contributed by atoms with van der Waals surface area (Å²) in [6.45, 7) is 1.31. The Labute approximate surface area is 154 Å². The van der Waals surface area contributed by atoms with E-state index in [2.05, 4.69) is 10.2 Å². The number of hydrogen-bond donors (Lipinski definition) is 0. The zero-order valence-electron chi connectivity index (χ0n) is 14.9. The van der Waals surface area contributed by atoms with Gasteiger partial charge < -0.3 is 14.2 Å². The number of hydrogen-bond acceptors (Lipinski definition) is 8. The van der Waals surface area contributed by atoms with Crippen LogP contribution in [0.1, 0.15) is 11.3 Å². The van der Waals surface area contributed by atoms with Crippen LogP contribution >= 0.6 is 11.8 Å². The van der Waals surface area contributed by atoms with Gasteiger partial charge in [0.15, 0.2) is 23.4 Å². The summed E-state index contributed by atoms with van der Waals surface area (Å²) in [4.78, 5) is 24.0. The lowest BCUT2D eigenvalue weighted by molar-refractivity contribution is -0.141. The number of thioether (sulfide) groups is 1. The summed E-state index contributed by atoms with van der Waals surface area (Å²) in [5.74, 6) is 0.558. The van der Waals surface area contributed by atoms with Crippen molar-refractivity contribution in [1.82, 2.24) is 14.8 Å². The normalized spacial score (nSPS) is 10.8. The van der Waals surface area contributed by atoms with Crippen LogP contribution in [-0.4, -0.2) is 41.2 Å². The van der Waals surface area contributed by atoms with Crippen LogP contribution in [0.25, 0.3) is 6.08 Å². The topological polar surface area (TPSA) is 92.5 Å². The molecular weight excluding hydrogens is 358 g/mol. The van der Waals surface area contributed by atoms with Crippen molar-refractivity contribution >= 4 is 23.8 Å². The maximum atomic E-state index is 12.1. The van der Waals surface area contributed by atoms with Gasteiger partial charge in [0, 0.05) is 6.08 Å². The highest BCUT2D eigenvalue weighted by Crippen LogP contribution is 2.27. The van der Waals surface area contributed by atoms with Gasteiger partial charge in [-0.25, -0.2) is 9.36 Å². The molecule has 0 spiro atoms. The number of carbonyl (C=O) groups excluding carboxylic acids is 1. The monoisotopic (exact) mass is 377 g/mol. The van der Waals surface area contributed by atoms with Crippen molar-refractivity contribution in [2.75, 3.05) is 20.5 Å². The Bertz CT molecular complexity index is 879. The van der Waals surface area contributed by atoms with Gasteiger partial charge in [0.25, 0.3) is 5.56 Å². The van der Waals surface area contributed by atoms with E-state index in [0.29, 0.717) is 16.7 Å². The third-order valence-corrected chi connectivity index (χ3v) is 4.08. The molecule has 1 aromatic carbocycles. The summed E-state index contributed by atoms with van der Waals surface area (Å²) in [5, 5.41) is 8.04. The maximum absolute atomic E-state index is 12.1. The minimum atomic E-state index is -0.590. The second-order valence-electron chi connectivity index (χ2n) is 5.05. The molecule has 0 fully saturated rings. The van der Waals surface area contributed by atoms with Crippen LogP contribution in [0, 0.1) is 6.92 Å². The van der Waals surface area contributed by atoms with Gasteiger partial charge >= 0.3 is 5.97 Å². The van der Waals surface area contributed by atoms with E-state index in [1.54, 1.807) is 44.6 Å². The third-order valence-electron chi connectivity index (χ3n) is 3.41. The molecule has 0 unspecified atom stereocenters. The Kier molecular flexibility index (Phi) is 6.79. The molecule has 0 amide bonds. The number of carbonyl (C=O) groups is 1. The Morgan fingerprint density at radius 1 is 1.23 bits per heavy atom. The van der Waals surface area contributed by atoms with Gasteiger partial charge in [0.2, 0.25) is 0 Å². The van der Waals surface area contributed by atoms with Crippen LogP contribution in [0.4, 0.5) is 0 Å². The van der Waals surface area contributed by atoms with Gasteiger partial charge in [-0.2, -0.15) is 0 Å². The van der Waals surface area contributed by atoms with Crippen molar-refractivity contribution in [2.45, 2.75) is 18.8 Å². The number of nitrogens with zero attached hydrogens (tertiary/aromatic N) is 3. The summed E-state index contributed by atoms with van der Waals surface area (Å²) >= 11 is 1.24. The van der Waals surface area contributed by atoms with Crippen molar-refractivity contribution in [1.29, 1.82) is 0 Å². The van der Waals surface area contributed by atoms with Crippen LogP contribution < -0.4 is 15.0 Å². The predicted octanol–water partition coefficient (Wildman–Crippen LogP) is 1.90. The van der Waals surface area contributed by atoms with Gasteiger partial charge in [-0.05, 0) is 37.0 Å². The summed E-state index contributed by atoms with van der Waals surface area (Å²) in [7, 11) is 3.08. The van der Waals surface area contributed by atoms with Gasteiger partial charge in [-0.3, -0.25) is 4.79 Å². The molecule has 9 heteroatoms. The minimum Gasteiger partial charge on any atom is -0.493 e. The third kappa shape index (κ3) is 4.63. The van der Waals surface area contributed by atoms with E-state index < -0.39 is 5.97 Å². The summed E-state index contributed by atoms with van der Waals surface area (Å²) in [6.07, 6.45) is 4.61. The molecule has 0 aliphatic rings. The molecule has 0 radical (unpaired) electrons. The lowest BCUT2D eigenvalue weighted by Crippen LogP contribution is -2.28. The van der Waals surface area contributed by atoms with E-state index in [0.717, 1.165) is 5.56 Å². The Balaban J connectivity index is 2.07. The molecule has 0 N–H and O–H groups in total. The van der Waals surface area contributed by atoms with Crippen LogP contribution in [0.5, 0.6) is 11.5 Å². The highest BCUT2D eigenvalue weighted by Gasteiger charge is 2.10. The second-order valence-corrected chi connectivity index (χ2v) is 5.82. The first-order valence-electron chi connectivity index (χ1n) is 7.55. The quantitative estimate of drug-likeness (QED) is 0.410. The molecule has 0 aliphatic heterocycles. The largest absolute Gasteiger partial charge is 0.493 e. The molecule has 0 saturated carbocycles. The molecule has 26 heavy (non-hydrogen) atoms. The number of methoxy groups -OCH3 is 2. The number of esters is 1. The molecule has 1 heterocycles. The molecule has 0 saturated heterocycles. The molecular formula is C17H19N3O5S. The van der Waals surface area contributed by atoms with Crippen molar-refractivity contribution in [3.8, 4) is 11.5 Å². The van der Waals surface area contributed by atoms with Crippen molar-refractivity contribution in [3.05, 3.63) is 45.9 Å². The Morgan fingerprint density at radius 2 is 1.96 bits per heavy atom. The van der Waals surface area contributed by atoms with Gasteiger partial charge in [-0.15, -0.1) is 10.2 Å². The first-order valence-corrected chi connectivity index (χ1v) is 8.77. The van der Waals surface area contributed by atoms with Gasteiger partial charge in [0.05, 0.1) is 14.2 Å². The number of aryl methyl sites for hydroxylation is 1. The van der Waals surface area contributed by atoms with E-state index in [4.69, 9.17) is 14.2 Å². The highest BCUT2D eigenvalue weighted by molar-refractivity contribution is 7.98. The van der Waals surface area contributed by atoms with Crippen LogP contribution in [0.15, 0.2) is 34.2 Å². The lowest BCUT2D eigenvalue weighted by Gasteiger charge is -2.09. The molecule has 8 nitrogen and oxygen atoms in total. The first kappa shape index (κ1) is 19.5. The van der Waals surface area contributed by atoms with E-state index in [-0.39, 0.29) is 18.0 Å². The number of benzene rings is 1. The molecule has 0 atom stereocenters. The molecule has 1 aromatic heterocycles. The zero-order valence-corrected chi connectivity index (χ0v) is 15.7. The predicted molar refractivity (Wildman–Crippen MR) is 97.5 cm³/mol. The zero-order chi connectivity index (χ0) is 19.1. The molecule has 0 bridgehead atoms. The summed E-state index contributed by atoms with van der Waals surface area (Å²) < 4.78 is 16.8. The van der Waals surface area contributed by atoms with Crippen molar-refractivity contribution in [3.63, 3.8) is 0 Å². The average molecular weight is 377 g/mol. The molecule has 2 rings (SSSR count). The van der Waals surface area contributed by atoms with E-state index in [1.807, 2.05) is 0 Å². The van der Waals surface area contributed by atoms with Crippen LogP contribution in [0.2, 0.25) is 0 Å². The van der Waals surface area contributed by atoms with Gasteiger partial charge in [0.1, 0.15) is 5.69 Å². The number of rotatable bonds is 7.